The second-order valence-corrected chi connectivity index (χ2v) is 6.71. The van der Waals surface area contributed by atoms with E-state index in [1.807, 2.05) is 20.8 Å². The minimum atomic E-state index is -2.78. The number of hydrogen-bond acceptors (Lipinski definition) is 5. The lowest BCUT2D eigenvalue weighted by molar-refractivity contribution is -0.139. The molecular weight excluding hydrogens is 244 g/mol. The average molecular weight is 266 g/mol. The molecule has 16 heavy (non-hydrogen) atoms. The van der Waals surface area contributed by atoms with Crippen molar-refractivity contribution in [1.82, 2.24) is 0 Å². The molecule has 0 aliphatic carbocycles. The molecule has 96 valence electrons. The molecule has 0 bridgehead atoms. The van der Waals surface area contributed by atoms with Crippen LogP contribution < -0.4 is 0 Å². The largest absolute Gasteiger partial charge is 0.564 e. The first-order chi connectivity index (χ1) is 7.47. The van der Waals surface area contributed by atoms with Gasteiger partial charge in [0.1, 0.15) is 0 Å². The van der Waals surface area contributed by atoms with Crippen molar-refractivity contribution in [2.75, 3.05) is 13.2 Å². The Bertz CT molecular complexity index is 207. The summed E-state index contributed by atoms with van der Waals surface area (Å²) >= 11 is 4.26. The number of hydrogen-bond donors (Lipinski definition) is 1. The Morgan fingerprint density at radius 3 is 2.12 bits per heavy atom. The third kappa shape index (κ3) is 6.52. The summed E-state index contributed by atoms with van der Waals surface area (Å²) in [4.78, 5) is 11.6. The van der Waals surface area contributed by atoms with Gasteiger partial charge < -0.3 is 13.3 Å². The van der Waals surface area contributed by atoms with E-state index in [1.165, 1.54) is 0 Å². The van der Waals surface area contributed by atoms with E-state index < -0.39 is 8.80 Å². The van der Waals surface area contributed by atoms with Gasteiger partial charge in [0, 0.05) is 25.0 Å². The fourth-order valence-electron chi connectivity index (χ4n) is 1.21. The van der Waals surface area contributed by atoms with E-state index in [4.69, 9.17) is 13.3 Å². The Hall–Kier alpha value is -0.0431. The summed E-state index contributed by atoms with van der Waals surface area (Å²) in [5.41, 5.74) is 0. The lowest BCUT2D eigenvalue weighted by Crippen LogP contribution is -2.44. The fourth-order valence-corrected chi connectivity index (χ4v) is 3.11. The van der Waals surface area contributed by atoms with Crippen molar-refractivity contribution in [1.29, 1.82) is 0 Å². The van der Waals surface area contributed by atoms with Crippen molar-refractivity contribution in [2.24, 2.45) is 0 Å². The lowest BCUT2D eigenvalue weighted by Gasteiger charge is -2.24. The molecule has 0 N–H and O–H groups in total. The molecule has 0 aliphatic heterocycles. The SMILES string of the molecule is CCO[Si](C)(OCC)OC(=O)CC(S)CC. The standard InChI is InChI=1S/C10H22O4SSi/c1-5-9(15)8-10(11)14-16(4,12-6-2)13-7-3/h9,15H,5-8H2,1-4H3. The van der Waals surface area contributed by atoms with Crippen LogP contribution in [-0.2, 0) is 18.1 Å². The summed E-state index contributed by atoms with van der Waals surface area (Å²) in [5, 5.41) is 0.0361. The molecule has 0 amide bonds. The molecule has 0 spiro atoms. The topological polar surface area (TPSA) is 44.8 Å². The molecule has 0 rings (SSSR count). The Morgan fingerprint density at radius 2 is 1.75 bits per heavy atom. The third-order valence-electron chi connectivity index (χ3n) is 1.99. The molecule has 0 saturated heterocycles. The second-order valence-electron chi connectivity index (χ2n) is 3.47. The third-order valence-corrected chi connectivity index (χ3v) is 4.76. The van der Waals surface area contributed by atoms with Gasteiger partial charge >= 0.3 is 8.80 Å². The molecule has 0 aromatic heterocycles. The van der Waals surface area contributed by atoms with E-state index in [0.717, 1.165) is 6.42 Å². The van der Waals surface area contributed by atoms with Gasteiger partial charge in [-0.2, -0.15) is 12.6 Å². The summed E-state index contributed by atoms with van der Waals surface area (Å²) in [6.07, 6.45) is 1.13. The van der Waals surface area contributed by atoms with Gasteiger partial charge in [0.15, 0.2) is 0 Å². The maximum absolute atomic E-state index is 11.6. The van der Waals surface area contributed by atoms with E-state index >= 15 is 0 Å². The normalized spacial score (nSPS) is 13.6. The van der Waals surface area contributed by atoms with Crippen LogP contribution in [0, 0.1) is 0 Å². The van der Waals surface area contributed by atoms with Crippen molar-refractivity contribution in [3.05, 3.63) is 0 Å². The molecule has 0 saturated carbocycles. The highest BCUT2D eigenvalue weighted by molar-refractivity contribution is 7.81. The predicted octanol–water partition coefficient (Wildman–Crippen LogP) is 2.27. The van der Waals surface area contributed by atoms with Crippen LogP contribution in [0.5, 0.6) is 0 Å². The molecule has 0 aromatic carbocycles. The summed E-state index contributed by atoms with van der Waals surface area (Å²) < 4.78 is 16.1. The van der Waals surface area contributed by atoms with Gasteiger partial charge in [-0.25, -0.2) is 0 Å². The summed E-state index contributed by atoms with van der Waals surface area (Å²) in [5.74, 6) is -0.294. The average Bonchev–Trinajstić information content (AvgIpc) is 2.17. The molecule has 0 aromatic rings. The maximum atomic E-state index is 11.6. The lowest BCUT2D eigenvalue weighted by atomic mass is 10.2. The van der Waals surface area contributed by atoms with E-state index in [9.17, 15) is 4.79 Å². The van der Waals surface area contributed by atoms with Gasteiger partial charge in [-0.15, -0.1) is 0 Å². The summed E-state index contributed by atoms with van der Waals surface area (Å²) in [7, 11) is -2.78. The van der Waals surface area contributed by atoms with Crippen LogP contribution in [0.25, 0.3) is 0 Å². The van der Waals surface area contributed by atoms with Gasteiger partial charge in [-0.1, -0.05) is 6.92 Å². The van der Waals surface area contributed by atoms with Gasteiger partial charge in [0.25, 0.3) is 5.97 Å². The van der Waals surface area contributed by atoms with E-state index in [2.05, 4.69) is 12.6 Å². The molecule has 1 atom stereocenters. The fraction of sp³-hybridized carbons (Fsp3) is 0.900. The van der Waals surface area contributed by atoms with Gasteiger partial charge in [-0.05, 0) is 20.3 Å². The number of carbonyl (C=O) groups excluding carboxylic acids is 1. The van der Waals surface area contributed by atoms with Crippen LogP contribution in [0.15, 0.2) is 0 Å². The highest BCUT2D eigenvalue weighted by atomic mass is 32.1. The zero-order valence-electron chi connectivity index (χ0n) is 10.5. The predicted molar refractivity (Wildman–Crippen MR) is 68.6 cm³/mol. The summed E-state index contributed by atoms with van der Waals surface area (Å²) in [6.45, 7) is 8.38. The molecule has 1 unspecified atom stereocenters. The van der Waals surface area contributed by atoms with E-state index in [1.54, 1.807) is 6.55 Å². The highest BCUT2D eigenvalue weighted by Crippen LogP contribution is 2.13. The van der Waals surface area contributed by atoms with Crippen molar-refractivity contribution in [2.45, 2.75) is 45.4 Å². The Kier molecular flexibility index (Phi) is 8.09. The van der Waals surface area contributed by atoms with Crippen molar-refractivity contribution < 1.29 is 18.1 Å². The van der Waals surface area contributed by atoms with Gasteiger partial charge in [0.05, 0.1) is 6.42 Å². The Morgan fingerprint density at radius 1 is 1.25 bits per heavy atom. The van der Waals surface area contributed by atoms with Gasteiger partial charge in [0.2, 0.25) is 0 Å². The zero-order chi connectivity index (χ0) is 12.6. The molecule has 0 radical (unpaired) electrons. The molecule has 0 aliphatic rings. The molecule has 0 heterocycles. The van der Waals surface area contributed by atoms with Crippen LogP contribution in [0.3, 0.4) is 0 Å². The summed E-state index contributed by atoms with van der Waals surface area (Å²) in [6, 6.07) is 0. The quantitative estimate of drug-likeness (QED) is 0.541. The van der Waals surface area contributed by atoms with Crippen LogP contribution in [0.2, 0.25) is 6.55 Å². The minimum Gasteiger partial charge on any atom is -0.473 e. The van der Waals surface area contributed by atoms with Crippen molar-refractivity contribution in [3.8, 4) is 0 Å². The number of thiol groups is 1. The number of rotatable bonds is 8. The molecule has 4 nitrogen and oxygen atoms in total. The first kappa shape index (κ1) is 16.0. The van der Waals surface area contributed by atoms with Crippen molar-refractivity contribution >= 4 is 27.4 Å². The van der Waals surface area contributed by atoms with E-state index in [-0.39, 0.29) is 11.2 Å². The molecule has 0 fully saturated rings. The molecule has 6 heteroatoms. The van der Waals surface area contributed by atoms with Crippen molar-refractivity contribution in [3.63, 3.8) is 0 Å². The zero-order valence-corrected chi connectivity index (χ0v) is 12.4. The van der Waals surface area contributed by atoms with Gasteiger partial charge in [-0.3, -0.25) is 4.79 Å². The Balaban J connectivity index is 4.22. The Labute approximate surface area is 104 Å². The van der Waals surface area contributed by atoms with Crippen LogP contribution in [0.4, 0.5) is 0 Å². The number of carbonyl (C=O) groups is 1. The smallest absolute Gasteiger partial charge is 0.473 e. The second kappa shape index (κ2) is 8.11. The molecular formula is C10H22O4SSi. The first-order valence-electron chi connectivity index (χ1n) is 5.65. The van der Waals surface area contributed by atoms with Crippen LogP contribution in [-0.4, -0.2) is 33.2 Å². The minimum absolute atomic E-state index is 0.0361. The highest BCUT2D eigenvalue weighted by Gasteiger charge is 2.38. The first-order valence-corrected chi connectivity index (χ1v) is 8.39. The van der Waals surface area contributed by atoms with E-state index in [0.29, 0.717) is 19.6 Å². The monoisotopic (exact) mass is 266 g/mol. The van der Waals surface area contributed by atoms with Crippen LogP contribution >= 0.6 is 12.6 Å². The maximum Gasteiger partial charge on any atom is 0.564 e. The van der Waals surface area contributed by atoms with Crippen LogP contribution in [0.1, 0.15) is 33.6 Å².